The van der Waals surface area contributed by atoms with Crippen LogP contribution in [0.3, 0.4) is 0 Å². The minimum absolute atomic E-state index is 0.111. The van der Waals surface area contributed by atoms with Crippen molar-refractivity contribution in [2.24, 2.45) is 0 Å². The van der Waals surface area contributed by atoms with Crippen molar-refractivity contribution < 1.29 is 14.6 Å². The van der Waals surface area contributed by atoms with E-state index in [4.69, 9.17) is 10.5 Å². The predicted octanol–water partition coefficient (Wildman–Crippen LogP) is 1.17. The Morgan fingerprint density at radius 3 is 2.72 bits per heavy atom. The molecular formula is C13H20N2O3. The van der Waals surface area contributed by atoms with E-state index >= 15 is 0 Å². The minimum atomic E-state index is -0.450. The van der Waals surface area contributed by atoms with Gasteiger partial charge in [-0.15, -0.1) is 0 Å². The first kappa shape index (κ1) is 14.3. The molecule has 0 radical (unpaired) electrons. The first-order valence-electron chi connectivity index (χ1n) is 5.86. The summed E-state index contributed by atoms with van der Waals surface area (Å²) >= 11 is 0. The lowest BCUT2D eigenvalue weighted by molar-refractivity contribution is 0.0920. The largest absolute Gasteiger partial charge is 0.496 e. The van der Waals surface area contributed by atoms with Gasteiger partial charge in [0.05, 0.1) is 18.8 Å². The molecule has 0 saturated carbocycles. The molecule has 2 atom stereocenters. The molecule has 0 fully saturated rings. The molecule has 4 N–H and O–H groups in total. The summed E-state index contributed by atoms with van der Waals surface area (Å²) in [6.07, 6.45) is 0.0526. The van der Waals surface area contributed by atoms with Gasteiger partial charge in [-0.3, -0.25) is 4.79 Å². The molecule has 100 valence electrons. The van der Waals surface area contributed by atoms with E-state index in [2.05, 4.69) is 5.32 Å². The normalized spacial score (nSPS) is 13.8. The van der Waals surface area contributed by atoms with Crippen LogP contribution in [0, 0.1) is 0 Å². The zero-order valence-corrected chi connectivity index (χ0v) is 10.9. The Hall–Kier alpha value is -1.75. The molecule has 1 aromatic carbocycles. The summed E-state index contributed by atoms with van der Waals surface area (Å²) in [5.41, 5.74) is 6.60. The average molecular weight is 252 g/mol. The molecule has 0 heterocycles. The SMILES string of the molecule is COc1cc(N)ccc1C(=O)NC(C)CC(C)O. The molecule has 5 heteroatoms. The topological polar surface area (TPSA) is 84.6 Å². The number of nitrogens with two attached hydrogens (primary N) is 1. The van der Waals surface area contributed by atoms with E-state index < -0.39 is 6.10 Å². The van der Waals surface area contributed by atoms with Crippen molar-refractivity contribution in [3.8, 4) is 5.75 Å². The van der Waals surface area contributed by atoms with Gasteiger partial charge in [0, 0.05) is 17.8 Å². The third kappa shape index (κ3) is 3.92. The van der Waals surface area contributed by atoms with Gasteiger partial charge in [-0.1, -0.05) is 0 Å². The van der Waals surface area contributed by atoms with Crippen molar-refractivity contribution in [3.05, 3.63) is 23.8 Å². The standard InChI is InChI=1S/C13H20N2O3/c1-8(6-9(2)16)15-13(17)11-5-4-10(14)7-12(11)18-3/h4-5,7-9,16H,6,14H2,1-3H3,(H,15,17). The fourth-order valence-electron chi connectivity index (χ4n) is 1.77. The zero-order valence-electron chi connectivity index (χ0n) is 10.9. The summed E-state index contributed by atoms with van der Waals surface area (Å²) in [5, 5.41) is 12.1. The van der Waals surface area contributed by atoms with Crippen LogP contribution in [-0.4, -0.2) is 30.3 Å². The first-order valence-corrected chi connectivity index (χ1v) is 5.86. The lowest BCUT2D eigenvalue weighted by Gasteiger charge is -2.16. The number of hydrogen-bond acceptors (Lipinski definition) is 4. The van der Waals surface area contributed by atoms with E-state index in [1.54, 1.807) is 25.1 Å². The molecule has 0 aliphatic heterocycles. The van der Waals surface area contributed by atoms with Crippen LogP contribution < -0.4 is 15.8 Å². The Labute approximate surface area is 107 Å². The van der Waals surface area contributed by atoms with Crippen molar-refractivity contribution in [3.63, 3.8) is 0 Å². The highest BCUT2D eigenvalue weighted by atomic mass is 16.5. The molecule has 1 amide bonds. The Morgan fingerprint density at radius 1 is 1.50 bits per heavy atom. The maximum absolute atomic E-state index is 12.0. The number of nitrogens with one attached hydrogen (secondary N) is 1. The molecule has 1 aromatic rings. The number of benzene rings is 1. The molecular weight excluding hydrogens is 232 g/mol. The van der Waals surface area contributed by atoms with E-state index in [-0.39, 0.29) is 11.9 Å². The van der Waals surface area contributed by atoms with Gasteiger partial charge in [-0.05, 0) is 32.4 Å². The number of nitrogen functional groups attached to an aromatic ring is 1. The molecule has 0 bridgehead atoms. The summed E-state index contributed by atoms with van der Waals surface area (Å²) in [4.78, 5) is 12.0. The molecule has 0 spiro atoms. The van der Waals surface area contributed by atoms with Gasteiger partial charge < -0.3 is 20.9 Å². The van der Waals surface area contributed by atoms with Crippen LogP contribution in [0.25, 0.3) is 0 Å². The van der Waals surface area contributed by atoms with Gasteiger partial charge in [-0.25, -0.2) is 0 Å². The molecule has 0 saturated heterocycles. The van der Waals surface area contributed by atoms with Gasteiger partial charge in [0.25, 0.3) is 5.91 Å². The fourth-order valence-corrected chi connectivity index (χ4v) is 1.77. The van der Waals surface area contributed by atoms with E-state index in [1.807, 2.05) is 6.92 Å². The Morgan fingerprint density at radius 2 is 2.17 bits per heavy atom. The van der Waals surface area contributed by atoms with Crippen molar-refractivity contribution >= 4 is 11.6 Å². The summed E-state index contributed by atoms with van der Waals surface area (Å²) in [6, 6.07) is 4.77. The van der Waals surface area contributed by atoms with Gasteiger partial charge in [0.15, 0.2) is 0 Å². The number of carbonyl (C=O) groups excluding carboxylic acids is 1. The van der Waals surface area contributed by atoms with Crippen LogP contribution in [0.2, 0.25) is 0 Å². The quantitative estimate of drug-likeness (QED) is 0.687. The summed E-state index contributed by atoms with van der Waals surface area (Å²) < 4.78 is 5.12. The van der Waals surface area contributed by atoms with Crippen LogP contribution in [0.4, 0.5) is 5.69 Å². The predicted molar refractivity (Wildman–Crippen MR) is 70.6 cm³/mol. The molecule has 2 unspecified atom stereocenters. The molecule has 5 nitrogen and oxygen atoms in total. The summed E-state index contributed by atoms with van der Waals surface area (Å²) in [6.45, 7) is 3.53. The summed E-state index contributed by atoms with van der Waals surface area (Å²) in [5.74, 6) is 0.205. The monoisotopic (exact) mass is 252 g/mol. The maximum atomic E-state index is 12.0. The molecule has 0 aliphatic rings. The second-order valence-electron chi connectivity index (χ2n) is 4.42. The second-order valence-corrected chi connectivity index (χ2v) is 4.42. The van der Waals surface area contributed by atoms with E-state index in [9.17, 15) is 9.90 Å². The van der Waals surface area contributed by atoms with E-state index in [0.29, 0.717) is 23.4 Å². The third-order valence-electron chi connectivity index (χ3n) is 2.54. The van der Waals surface area contributed by atoms with Gasteiger partial charge in [-0.2, -0.15) is 0 Å². The molecule has 0 aliphatic carbocycles. The number of ether oxygens (including phenoxy) is 1. The average Bonchev–Trinajstić information content (AvgIpc) is 2.27. The van der Waals surface area contributed by atoms with Crippen LogP contribution in [0.1, 0.15) is 30.6 Å². The lowest BCUT2D eigenvalue weighted by atomic mass is 10.1. The highest BCUT2D eigenvalue weighted by Crippen LogP contribution is 2.21. The zero-order chi connectivity index (χ0) is 13.7. The van der Waals surface area contributed by atoms with Crippen molar-refractivity contribution in [2.45, 2.75) is 32.4 Å². The van der Waals surface area contributed by atoms with Crippen molar-refractivity contribution in [1.82, 2.24) is 5.32 Å². The van der Waals surface area contributed by atoms with Crippen LogP contribution in [0.5, 0.6) is 5.75 Å². The third-order valence-corrected chi connectivity index (χ3v) is 2.54. The molecule has 1 rings (SSSR count). The Kier molecular flexibility index (Phi) is 4.97. The molecule has 0 aromatic heterocycles. The van der Waals surface area contributed by atoms with E-state index in [1.165, 1.54) is 7.11 Å². The highest BCUT2D eigenvalue weighted by molar-refractivity contribution is 5.97. The van der Waals surface area contributed by atoms with Gasteiger partial charge in [0.2, 0.25) is 0 Å². The lowest BCUT2D eigenvalue weighted by Crippen LogP contribution is -2.34. The maximum Gasteiger partial charge on any atom is 0.255 e. The second kappa shape index (κ2) is 6.26. The number of hydrogen-bond donors (Lipinski definition) is 3. The minimum Gasteiger partial charge on any atom is -0.496 e. The Bertz CT molecular complexity index is 419. The summed E-state index contributed by atoms with van der Waals surface area (Å²) in [7, 11) is 1.49. The van der Waals surface area contributed by atoms with Gasteiger partial charge in [0.1, 0.15) is 5.75 Å². The number of aliphatic hydroxyl groups excluding tert-OH is 1. The first-order chi connectivity index (χ1) is 8.43. The number of methoxy groups -OCH3 is 1. The Balaban J connectivity index is 2.78. The number of rotatable bonds is 5. The number of amides is 1. The van der Waals surface area contributed by atoms with Crippen LogP contribution in [-0.2, 0) is 0 Å². The van der Waals surface area contributed by atoms with E-state index in [0.717, 1.165) is 0 Å². The van der Waals surface area contributed by atoms with Crippen LogP contribution in [0.15, 0.2) is 18.2 Å². The number of anilines is 1. The number of aliphatic hydroxyl groups is 1. The smallest absolute Gasteiger partial charge is 0.255 e. The van der Waals surface area contributed by atoms with Crippen molar-refractivity contribution in [2.75, 3.05) is 12.8 Å². The van der Waals surface area contributed by atoms with Crippen molar-refractivity contribution in [1.29, 1.82) is 0 Å². The fraction of sp³-hybridized carbons (Fsp3) is 0.462. The molecule has 18 heavy (non-hydrogen) atoms. The van der Waals surface area contributed by atoms with Crippen LogP contribution >= 0.6 is 0 Å². The number of carbonyl (C=O) groups is 1. The van der Waals surface area contributed by atoms with Gasteiger partial charge >= 0.3 is 0 Å². The highest BCUT2D eigenvalue weighted by Gasteiger charge is 2.15.